The number of rotatable bonds is 5. The van der Waals surface area contributed by atoms with E-state index in [0.717, 1.165) is 41.4 Å². The molecule has 0 aliphatic carbocycles. The van der Waals surface area contributed by atoms with Crippen LogP contribution in [0.4, 0.5) is 0 Å². The van der Waals surface area contributed by atoms with Crippen molar-refractivity contribution in [1.29, 1.82) is 0 Å². The lowest BCUT2D eigenvalue weighted by Crippen LogP contribution is -2.31. The predicted octanol–water partition coefficient (Wildman–Crippen LogP) is 4.72. The maximum Gasteiger partial charge on any atom is 0.229 e. The van der Waals surface area contributed by atoms with Crippen LogP contribution in [0.2, 0.25) is 0 Å². The summed E-state index contributed by atoms with van der Waals surface area (Å²) in [4.78, 5) is 19.6. The van der Waals surface area contributed by atoms with E-state index in [9.17, 15) is 4.79 Å². The van der Waals surface area contributed by atoms with Gasteiger partial charge in [0.25, 0.3) is 0 Å². The molecule has 2 aromatic carbocycles. The standard InChI is InChI=1S/C22H22N2O2S/c1-26-19-11-9-16(10-12-19)20-8-5-13-24(20)21(25)14-18-15-27-22(23-18)17-6-3-2-4-7-17/h2-4,6-7,9-12,15,20H,5,8,13-14H2,1H3/t20-/m1/s1. The Hall–Kier alpha value is -2.66. The molecule has 1 saturated heterocycles. The molecule has 4 nitrogen and oxygen atoms in total. The second-order valence-electron chi connectivity index (χ2n) is 6.71. The number of carbonyl (C=O) groups excluding carboxylic acids is 1. The summed E-state index contributed by atoms with van der Waals surface area (Å²) in [5.41, 5.74) is 3.12. The van der Waals surface area contributed by atoms with Crippen LogP contribution in [0.25, 0.3) is 10.6 Å². The molecular weight excluding hydrogens is 356 g/mol. The Kier molecular flexibility index (Phi) is 5.21. The first-order chi connectivity index (χ1) is 13.2. The molecule has 0 N–H and O–H groups in total. The number of hydrogen-bond donors (Lipinski definition) is 0. The van der Waals surface area contributed by atoms with Crippen molar-refractivity contribution in [3.63, 3.8) is 0 Å². The second kappa shape index (κ2) is 7.92. The van der Waals surface area contributed by atoms with Crippen molar-refractivity contribution in [2.45, 2.75) is 25.3 Å². The van der Waals surface area contributed by atoms with Crippen LogP contribution in [0.3, 0.4) is 0 Å². The highest BCUT2D eigenvalue weighted by Crippen LogP contribution is 2.33. The molecule has 1 amide bonds. The van der Waals surface area contributed by atoms with Gasteiger partial charge in [0.2, 0.25) is 5.91 Å². The number of nitrogens with zero attached hydrogens (tertiary/aromatic N) is 2. The average Bonchev–Trinajstić information content (AvgIpc) is 3.38. The number of aromatic nitrogens is 1. The number of carbonyl (C=O) groups is 1. The van der Waals surface area contributed by atoms with Crippen LogP contribution in [-0.2, 0) is 11.2 Å². The van der Waals surface area contributed by atoms with Gasteiger partial charge in [0, 0.05) is 17.5 Å². The molecule has 0 saturated carbocycles. The van der Waals surface area contributed by atoms with Crippen molar-refractivity contribution in [2.24, 2.45) is 0 Å². The fourth-order valence-corrected chi connectivity index (χ4v) is 4.42. The number of likely N-dealkylation sites (tertiary alicyclic amines) is 1. The van der Waals surface area contributed by atoms with E-state index in [1.165, 1.54) is 5.56 Å². The Morgan fingerprint density at radius 3 is 2.70 bits per heavy atom. The minimum atomic E-state index is 0.149. The van der Waals surface area contributed by atoms with Crippen LogP contribution < -0.4 is 4.74 Å². The number of ether oxygens (including phenoxy) is 1. The molecule has 138 valence electrons. The molecule has 27 heavy (non-hydrogen) atoms. The zero-order valence-corrected chi connectivity index (χ0v) is 16.1. The number of methoxy groups -OCH3 is 1. The van der Waals surface area contributed by atoms with Crippen LogP contribution in [0.5, 0.6) is 5.75 Å². The average molecular weight is 378 g/mol. The molecule has 3 aromatic rings. The monoisotopic (exact) mass is 378 g/mol. The third-order valence-corrected chi connectivity index (χ3v) is 5.92. The lowest BCUT2D eigenvalue weighted by atomic mass is 10.0. The minimum absolute atomic E-state index is 0.149. The summed E-state index contributed by atoms with van der Waals surface area (Å²) >= 11 is 1.59. The molecule has 0 unspecified atom stereocenters. The molecule has 1 aromatic heterocycles. The van der Waals surface area contributed by atoms with E-state index in [1.54, 1.807) is 18.4 Å². The zero-order valence-electron chi connectivity index (χ0n) is 15.3. The molecular formula is C22H22N2O2S. The van der Waals surface area contributed by atoms with Crippen LogP contribution in [0.1, 0.15) is 30.1 Å². The molecule has 1 atom stereocenters. The van der Waals surface area contributed by atoms with Gasteiger partial charge in [-0.1, -0.05) is 42.5 Å². The first-order valence-electron chi connectivity index (χ1n) is 9.18. The Morgan fingerprint density at radius 2 is 1.96 bits per heavy atom. The first kappa shape index (κ1) is 17.7. The van der Waals surface area contributed by atoms with Gasteiger partial charge >= 0.3 is 0 Å². The summed E-state index contributed by atoms with van der Waals surface area (Å²) < 4.78 is 5.24. The fraction of sp³-hybridized carbons (Fsp3) is 0.273. The van der Waals surface area contributed by atoms with Crippen molar-refractivity contribution in [2.75, 3.05) is 13.7 Å². The summed E-state index contributed by atoms with van der Waals surface area (Å²) in [6.45, 7) is 0.811. The zero-order chi connectivity index (χ0) is 18.6. The van der Waals surface area contributed by atoms with E-state index in [1.807, 2.05) is 52.7 Å². The van der Waals surface area contributed by atoms with Crippen molar-refractivity contribution in [3.8, 4) is 16.3 Å². The molecule has 1 aliphatic heterocycles. The quantitative estimate of drug-likeness (QED) is 0.645. The summed E-state index contributed by atoms with van der Waals surface area (Å²) in [6.07, 6.45) is 2.40. The molecule has 0 radical (unpaired) electrons. The summed E-state index contributed by atoms with van der Waals surface area (Å²) in [6, 6.07) is 18.3. The Morgan fingerprint density at radius 1 is 1.19 bits per heavy atom. The van der Waals surface area contributed by atoms with E-state index in [-0.39, 0.29) is 11.9 Å². The Bertz CT molecular complexity index is 906. The van der Waals surface area contributed by atoms with Gasteiger partial charge in [0.15, 0.2) is 0 Å². The second-order valence-corrected chi connectivity index (χ2v) is 7.56. The third kappa shape index (κ3) is 3.88. The van der Waals surface area contributed by atoms with E-state index in [2.05, 4.69) is 17.1 Å². The predicted molar refractivity (Wildman–Crippen MR) is 108 cm³/mol. The molecule has 0 bridgehead atoms. The first-order valence-corrected chi connectivity index (χ1v) is 10.1. The molecule has 0 spiro atoms. The largest absolute Gasteiger partial charge is 0.497 e. The van der Waals surface area contributed by atoms with Gasteiger partial charge in [-0.15, -0.1) is 11.3 Å². The Balaban J connectivity index is 1.46. The number of hydrogen-bond acceptors (Lipinski definition) is 4. The minimum Gasteiger partial charge on any atom is -0.497 e. The van der Waals surface area contributed by atoms with Crippen molar-refractivity contribution in [1.82, 2.24) is 9.88 Å². The number of thiazole rings is 1. The van der Waals surface area contributed by atoms with Gasteiger partial charge in [0.1, 0.15) is 10.8 Å². The molecule has 1 fully saturated rings. The maximum atomic E-state index is 12.9. The SMILES string of the molecule is COc1ccc([C@H]2CCCN2C(=O)Cc2csc(-c3ccccc3)n2)cc1. The van der Waals surface area contributed by atoms with Gasteiger partial charge in [-0.2, -0.15) is 0 Å². The van der Waals surface area contributed by atoms with Gasteiger partial charge in [0.05, 0.1) is 25.3 Å². The van der Waals surface area contributed by atoms with Crippen LogP contribution in [0.15, 0.2) is 60.0 Å². The van der Waals surface area contributed by atoms with Crippen LogP contribution >= 0.6 is 11.3 Å². The highest BCUT2D eigenvalue weighted by molar-refractivity contribution is 7.13. The number of amides is 1. The van der Waals surface area contributed by atoms with E-state index < -0.39 is 0 Å². The van der Waals surface area contributed by atoms with Gasteiger partial charge in [-0.3, -0.25) is 4.79 Å². The van der Waals surface area contributed by atoms with E-state index in [4.69, 9.17) is 4.74 Å². The van der Waals surface area contributed by atoms with Crippen molar-refractivity contribution < 1.29 is 9.53 Å². The van der Waals surface area contributed by atoms with Gasteiger partial charge in [-0.05, 0) is 30.5 Å². The van der Waals surface area contributed by atoms with Gasteiger partial charge in [-0.25, -0.2) is 4.98 Å². The van der Waals surface area contributed by atoms with E-state index >= 15 is 0 Å². The van der Waals surface area contributed by atoms with Crippen molar-refractivity contribution >= 4 is 17.2 Å². The topological polar surface area (TPSA) is 42.4 Å². The highest BCUT2D eigenvalue weighted by Gasteiger charge is 2.30. The number of benzene rings is 2. The fourth-order valence-electron chi connectivity index (χ4n) is 3.60. The molecule has 4 rings (SSSR count). The normalized spacial score (nSPS) is 16.5. The lowest BCUT2D eigenvalue weighted by Gasteiger charge is -2.25. The van der Waals surface area contributed by atoms with E-state index in [0.29, 0.717) is 6.42 Å². The molecule has 2 heterocycles. The maximum absolute atomic E-state index is 12.9. The van der Waals surface area contributed by atoms with Crippen LogP contribution in [0, 0.1) is 0 Å². The van der Waals surface area contributed by atoms with Crippen molar-refractivity contribution in [3.05, 3.63) is 71.2 Å². The smallest absolute Gasteiger partial charge is 0.229 e. The highest BCUT2D eigenvalue weighted by atomic mass is 32.1. The Labute approximate surface area is 163 Å². The summed E-state index contributed by atoms with van der Waals surface area (Å²) in [7, 11) is 1.66. The lowest BCUT2D eigenvalue weighted by molar-refractivity contribution is -0.131. The third-order valence-electron chi connectivity index (χ3n) is 4.98. The summed E-state index contributed by atoms with van der Waals surface area (Å²) in [5, 5.41) is 2.96. The molecule has 1 aliphatic rings. The van der Waals surface area contributed by atoms with Gasteiger partial charge < -0.3 is 9.64 Å². The van der Waals surface area contributed by atoms with Crippen LogP contribution in [-0.4, -0.2) is 29.4 Å². The molecule has 5 heteroatoms. The summed E-state index contributed by atoms with van der Waals surface area (Å²) in [5.74, 6) is 0.990.